The smallest absolute Gasteiger partial charge is 0.310 e. The molecule has 1 saturated heterocycles. The number of carboxylic acid groups (broad SMARTS) is 1. The number of carbonyl (C=O) groups is 1. The Morgan fingerprint density at radius 2 is 1.94 bits per heavy atom. The molecule has 0 aromatic heterocycles. The minimum atomic E-state index is -0.917. The van der Waals surface area contributed by atoms with Crippen molar-refractivity contribution in [3.05, 3.63) is 35.6 Å². The molecule has 1 heterocycles. The van der Waals surface area contributed by atoms with E-state index in [9.17, 15) is 14.3 Å². The van der Waals surface area contributed by atoms with Gasteiger partial charge >= 0.3 is 5.97 Å². The van der Waals surface area contributed by atoms with Gasteiger partial charge in [-0.15, -0.1) is 0 Å². The molecule has 1 N–H and O–H groups in total. The predicted octanol–water partition coefficient (Wildman–Crippen LogP) is 2.15. The fourth-order valence-electron chi connectivity index (χ4n) is 2.00. The number of aliphatic carboxylic acids is 1. The Labute approximate surface area is 104 Å². The van der Waals surface area contributed by atoms with Crippen molar-refractivity contribution in [2.24, 2.45) is 0 Å². The topological polar surface area (TPSA) is 55.8 Å². The number of hydrogen-bond acceptors (Lipinski definition) is 3. The van der Waals surface area contributed by atoms with Crippen LogP contribution in [0.1, 0.15) is 24.3 Å². The molecule has 1 aromatic rings. The Morgan fingerprint density at radius 1 is 1.33 bits per heavy atom. The van der Waals surface area contributed by atoms with Gasteiger partial charge in [0, 0.05) is 0 Å². The second-order valence-electron chi connectivity index (χ2n) is 4.19. The summed E-state index contributed by atoms with van der Waals surface area (Å²) in [7, 11) is 0. The van der Waals surface area contributed by atoms with Crippen LogP contribution in [0.15, 0.2) is 24.3 Å². The Bertz CT molecular complexity index is 398. The second-order valence-corrected chi connectivity index (χ2v) is 4.19. The molecule has 2 rings (SSSR count). The van der Waals surface area contributed by atoms with Gasteiger partial charge in [0.05, 0.1) is 19.1 Å². The van der Waals surface area contributed by atoms with Gasteiger partial charge in [0.15, 0.2) is 6.29 Å². The number of hydrogen-bond donors (Lipinski definition) is 1. The minimum absolute atomic E-state index is 0.313. The lowest BCUT2D eigenvalue weighted by Crippen LogP contribution is -2.16. The van der Waals surface area contributed by atoms with Gasteiger partial charge in [0.1, 0.15) is 5.82 Å². The molecule has 5 heteroatoms. The summed E-state index contributed by atoms with van der Waals surface area (Å²) in [6.07, 6.45) is 0.618. The lowest BCUT2D eigenvalue weighted by atomic mass is 9.94. The average Bonchev–Trinajstić information content (AvgIpc) is 2.84. The lowest BCUT2D eigenvalue weighted by molar-refractivity contribution is -0.139. The van der Waals surface area contributed by atoms with Gasteiger partial charge < -0.3 is 14.6 Å². The highest BCUT2D eigenvalue weighted by Gasteiger charge is 2.23. The quantitative estimate of drug-likeness (QED) is 0.874. The van der Waals surface area contributed by atoms with Crippen molar-refractivity contribution in [1.29, 1.82) is 0 Å². The minimum Gasteiger partial charge on any atom is -0.481 e. The molecule has 0 aliphatic carbocycles. The molecular formula is C13H15FO4. The van der Waals surface area contributed by atoms with Crippen LogP contribution in [0.25, 0.3) is 0 Å². The number of benzene rings is 1. The first-order valence-corrected chi connectivity index (χ1v) is 5.88. The first kappa shape index (κ1) is 13.0. The van der Waals surface area contributed by atoms with Crippen LogP contribution in [0.3, 0.4) is 0 Å². The lowest BCUT2D eigenvalue weighted by Gasteiger charge is -2.15. The molecule has 0 amide bonds. The van der Waals surface area contributed by atoms with Gasteiger partial charge in [0.2, 0.25) is 0 Å². The summed E-state index contributed by atoms with van der Waals surface area (Å²) in [6.45, 7) is 1.11. The first-order chi connectivity index (χ1) is 8.66. The maximum atomic E-state index is 12.8. The molecule has 1 unspecified atom stereocenters. The third-order valence-electron chi connectivity index (χ3n) is 2.95. The van der Waals surface area contributed by atoms with Crippen molar-refractivity contribution < 1.29 is 23.8 Å². The Balaban J connectivity index is 1.99. The monoisotopic (exact) mass is 254 g/mol. The number of halogens is 1. The third-order valence-corrected chi connectivity index (χ3v) is 2.95. The van der Waals surface area contributed by atoms with E-state index in [-0.39, 0.29) is 12.1 Å². The molecular weight excluding hydrogens is 239 g/mol. The fourth-order valence-corrected chi connectivity index (χ4v) is 2.00. The standard InChI is InChI=1S/C13H15FO4/c14-10-3-1-9(2-4-10)11(13(15)16)5-6-12-17-7-8-18-12/h1-4,11-12H,5-8H2,(H,15,16). The van der Waals surface area contributed by atoms with Gasteiger partial charge in [-0.05, 0) is 30.5 Å². The van der Waals surface area contributed by atoms with E-state index >= 15 is 0 Å². The summed E-state index contributed by atoms with van der Waals surface area (Å²) < 4.78 is 23.3. The van der Waals surface area contributed by atoms with E-state index in [4.69, 9.17) is 9.47 Å². The maximum absolute atomic E-state index is 12.8. The number of ether oxygens (including phenoxy) is 2. The van der Waals surface area contributed by atoms with E-state index in [0.29, 0.717) is 31.6 Å². The fraction of sp³-hybridized carbons (Fsp3) is 0.462. The van der Waals surface area contributed by atoms with Gasteiger partial charge in [-0.25, -0.2) is 4.39 Å². The molecule has 1 aliphatic rings. The SMILES string of the molecule is O=C(O)C(CCC1OCCO1)c1ccc(F)cc1. The Kier molecular flexibility index (Phi) is 4.28. The molecule has 4 nitrogen and oxygen atoms in total. The highest BCUT2D eigenvalue weighted by molar-refractivity contribution is 5.75. The average molecular weight is 254 g/mol. The van der Waals surface area contributed by atoms with Crippen molar-refractivity contribution >= 4 is 5.97 Å². The maximum Gasteiger partial charge on any atom is 0.310 e. The summed E-state index contributed by atoms with van der Waals surface area (Å²) >= 11 is 0. The van der Waals surface area contributed by atoms with Crippen molar-refractivity contribution in [2.45, 2.75) is 25.0 Å². The van der Waals surface area contributed by atoms with Crippen molar-refractivity contribution in [3.8, 4) is 0 Å². The van der Waals surface area contributed by atoms with E-state index in [1.54, 1.807) is 0 Å². The molecule has 0 spiro atoms. The molecule has 18 heavy (non-hydrogen) atoms. The van der Waals surface area contributed by atoms with Crippen LogP contribution in [-0.2, 0) is 14.3 Å². The van der Waals surface area contributed by atoms with E-state index in [1.807, 2.05) is 0 Å². The molecule has 0 bridgehead atoms. The van der Waals surface area contributed by atoms with Crippen LogP contribution in [0.5, 0.6) is 0 Å². The summed E-state index contributed by atoms with van der Waals surface area (Å²) in [6, 6.07) is 5.55. The highest BCUT2D eigenvalue weighted by atomic mass is 19.1. The van der Waals surface area contributed by atoms with Gasteiger partial charge in [-0.2, -0.15) is 0 Å². The van der Waals surface area contributed by atoms with Crippen LogP contribution in [0.4, 0.5) is 4.39 Å². The van der Waals surface area contributed by atoms with Crippen LogP contribution in [0.2, 0.25) is 0 Å². The molecule has 1 fully saturated rings. The zero-order valence-corrected chi connectivity index (χ0v) is 9.84. The zero-order valence-electron chi connectivity index (χ0n) is 9.84. The van der Waals surface area contributed by atoms with Crippen LogP contribution >= 0.6 is 0 Å². The summed E-state index contributed by atoms with van der Waals surface area (Å²) in [5.74, 6) is -1.94. The van der Waals surface area contributed by atoms with Gasteiger partial charge in [-0.3, -0.25) is 4.79 Å². The summed E-state index contributed by atoms with van der Waals surface area (Å²) in [4.78, 5) is 11.2. The Morgan fingerprint density at radius 3 is 2.50 bits per heavy atom. The van der Waals surface area contributed by atoms with Crippen molar-refractivity contribution in [3.63, 3.8) is 0 Å². The van der Waals surface area contributed by atoms with E-state index in [2.05, 4.69) is 0 Å². The largest absolute Gasteiger partial charge is 0.481 e. The zero-order chi connectivity index (χ0) is 13.0. The van der Waals surface area contributed by atoms with E-state index in [1.165, 1.54) is 24.3 Å². The normalized spacial score (nSPS) is 17.8. The highest BCUT2D eigenvalue weighted by Crippen LogP contribution is 2.24. The molecule has 98 valence electrons. The predicted molar refractivity (Wildman–Crippen MR) is 61.7 cm³/mol. The van der Waals surface area contributed by atoms with Gasteiger partial charge in [0.25, 0.3) is 0 Å². The molecule has 0 radical (unpaired) electrons. The van der Waals surface area contributed by atoms with E-state index in [0.717, 1.165) is 0 Å². The van der Waals surface area contributed by atoms with Crippen LogP contribution in [0, 0.1) is 5.82 Å². The molecule has 1 atom stereocenters. The van der Waals surface area contributed by atoms with Gasteiger partial charge in [-0.1, -0.05) is 12.1 Å². The number of carboxylic acids is 1. The van der Waals surface area contributed by atoms with Crippen LogP contribution in [-0.4, -0.2) is 30.6 Å². The molecule has 1 aromatic carbocycles. The van der Waals surface area contributed by atoms with Crippen molar-refractivity contribution in [2.75, 3.05) is 13.2 Å². The Hall–Kier alpha value is -1.46. The summed E-state index contributed by atoms with van der Waals surface area (Å²) in [5, 5.41) is 9.19. The first-order valence-electron chi connectivity index (χ1n) is 5.88. The van der Waals surface area contributed by atoms with Crippen LogP contribution < -0.4 is 0 Å². The third kappa shape index (κ3) is 3.27. The van der Waals surface area contributed by atoms with E-state index < -0.39 is 11.9 Å². The molecule has 0 saturated carbocycles. The summed E-state index contributed by atoms with van der Waals surface area (Å²) in [5.41, 5.74) is 0.599. The van der Waals surface area contributed by atoms with Crippen molar-refractivity contribution in [1.82, 2.24) is 0 Å². The molecule has 1 aliphatic heterocycles. The second kappa shape index (κ2) is 5.93. The number of rotatable bonds is 5.